The van der Waals surface area contributed by atoms with E-state index in [1.54, 1.807) is 0 Å². The molecular weight excluding hydrogens is 212 g/mol. The van der Waals surface area contributed by atoms with Crippen LogP contribution in [0.2, 0.25) is 0 Å². The molecule has 0 bridgehead atoms. The number of nitrogens with two attached hydrogens (primary N) is 1. The Morgan fingerprint density at radius 3 is 2.76 bits per heavy atom. The highest BCUT2D eigenvalue weighted by Crippen LogP contribution is 2.19. The van der Waals surface area contributed by atoms with Crippen LogP contribution in [0.25, 0.3) is 0 Å². The molecule has 1 rings (SSSR count). The summed E-state index contributed by atoms with van der Waals surface area (Å²) in [4.78, 5) is 2.58. The molecule has 1 aliphatic rings. The monoisotopic (exact) mass is 242 g/mol. The highest BCUT2D eigenvalue weighted by atomic mass is 16.3. The fourth-order valence-corrected chi connectivity index (χ4v) is 2.70. The predicted octanol–water partition coefficient (Wildman–Crippen LogP) is 2.13. The second-order valence-electron chi connectivity index (χ2n) is 5.62. The van der Waals surface area contributed by atoms with Crippen LogP contribution in [0.5, 0.6) is 0 Å². The van der Waals surface area contributed by atoms with E-state index in [4.69, 9.17) is 5.73 Å². The lowest BCUT2D eigenvalue weighted by atomic mass is 9.94. The molecule has 2 atom stereocenters. The Kier molecular flexibility index (Phi) is 6.45. The molecule has 1 fully saturated rings. The standard InChI is InChI=1S/C14H30N2O/c1-3-14(17,12-15)9-7-11-16-10-6-4-5-8-13(16)2/h13,17H,3-12,15H2,1-2H3. The minimum Gasteiger partial charge on any atom is -0.389 e. The fraction of sp³-hybridized carbons (Fsp3) is 1.00. The molecule has 0 spiro atoms. The van der Waals surface area contributed by atoms with Gasteiger partial charge in [-0.25, -0.2) is 0 Å². The zero-order chi connectivity index (χ0) is 12.7. The fourth-order valence-electron chi connectivity index (χ4n) is 2.70. The molecule has 102 valence electrons. The minimum absolute atomic E-state index is 0.388. The van der Waals surface area contributed by atoms with Crippen LogP contribution in [0.15, 0.2) is 0 Å². The van der Waals surface area contributed by atoms with Crippen LogP contribution in [0.1, 0.15) is 58.8 Å². The Morgan fingerprint density at radius 1 is 1.35 bits per heavy atom. The van der Waals surface area contributed by atoms with Gasteiger partial charge in [0.2, 0.25) is 0 Å². The van der Waals surface area contributed by atoms with Crippen LogP contribution in [0.3, 0.4) is 0 Å². The van der Waals surface area contributed by atoms with Crippen LogP contribution in [-0.4, -0.2) is 41.3 Å². The molecule has 3 heteroatoms. The van der Waals surface area contributed by atoms with Crippen molar-refractivity contribution < 1.29 is 5.11 Å². The van der Waals surface area contributed by atoms with E-state index >= 15 is 0 Å². The maximum atomic E-state index is 10.1. The third-order valence-electron chi connectivity index (χ3n) is 4.32. The lowest BCUT2D eigenvalue weighted by Crippen LogP contribution is -2.39. The summed E-state index contributed by atoms with van der Waals surface area (Å²) in [5.41, 5.74) is 5.00. The van der Waals surface area contributed by atoms with Gasteiger partial charge in [-0.1, -0.05) is 19.8 Å². The summed E-state index contributed by atoms with van der Waals surface area (Å²) in [5, 5.41) is 10.1. The lowest BCUT2D eigenvalue weighted by molar-refractivity contribution is 0.0304. The average molecular weight is 242 g/mol. The Hall–Kier alpha value is -0.120. The van der Waals surface area contributed by atoms with Crippen LogP contribution in [-0.2, 0) is 0 Å². The van der Waals surface area contributed by atoms with E-state index in [0.29, 0.717) is 12.6 Å². The Morgan fingerprint density at radius 2 is 2.12 bits per heavy atom. The summed E-state index contributed by atoms with van der Waals surface area (Å²) in [6.07, 6.45) is 8.07. The van der Waals surface area contributed by atoms with E-state index in [1.165, 1.54) is 32.2 Å². The molecule has 0 amide bonds. The molecule has 0 saturated carbocycles. The van der Waals surface area contributed by atoms with Crippen molar-refractivity contribution in [2.75, 3.05) is 19.6 Å². The van der Waals surface area contributed by atoms with Gasteiger partial charge in [0, 0.05) is 12.6 Å². The number of likely N-dealkylation sites (tertiary alicyclic amines) is 1. The maximum absolute atomic E-state index is 10.1. The van der Waals surface area contributed by atoms with E-state index in [1.807, 2.05) is 6.92 Å². The number of aliphatic hydroxyl groups is 1. The van der Waals surface area contributed by atoms with E-state index in [0.717, 1.165) is 25.8 Å². The summed E-state index contributed by atoms with van der Waals surface area (Å²) in [7, 11) is 0. The van der Waals surface area contributed by atoms with Gasteiger partial charge in [0.1, 0.15) is 0 Å². The number of hydrogen-bond acceptors (Lipinski definition) is 3. The van der Waals surface area contributed by atoms with Gasteiger partial charge in [0.15, 0.2) is 0 Å². The van der Waals surface area contributed by atoms with Gasteiger partial charge in [-0.3, -0.25) is 0 Å². The summed E-state index contributed by atoms with van der Waals surface area (Å²) < 4.78 is 0. The summed E-state index contributed by atoms with van der Waals surface area (Å²) in [5.74, 6) is 0. The third kappa shape index (κ3) is 4.94. The number of nitrogens with zero attached hydrogens (tertiary/aromatic N) is 1. The first-order valence-corrected chi connectivity index (χ1v) is 7.28. The molecule has 3 nitrogen and oxygen atoms in total. The van der Waals surface area contributed by atoms with Gasteiger partial charge in [0.25, 0.3) is 0 Å². The Bertz CT molecular complexity index is 204. The average Bonchev–Trinajstić information content (AvgIpc) is 2.54. The second-order valence-corrected chi connectivity index (χ2v) is 5.62. The summed E-state index contributed by atoms with van der Waals surface area (Å²) in [6, 6.07) is 0.713. The van der Waals surface area contributed by atoms with Crippen molar-refractivity contribution in [3.05, 3.63) is 0 Å². The van der Waals surface area contributed by atoms with Crippen LogP contribution < -0.4 is 5.73 Å². The first-order valence-electron chi connectivity index (χ1n) is 7.28. The first kappa shape index (κ1) is 14.9. The number of rotatable bonds is 6. The van der Waals surface area contributed by atoms with Crippen LogP contribution in [0.4, 0.5) is 0 Å². The molecule has 0 aromatic carbocycles. The van der Waals surface area contributed by atoms with Gasteiger partial charge < -0.3 is 15.7 Å². The van der Waals surface area contributed by atoms with Gasteiger partial charge in [-0.2, -0.15) is 0 Å². The second kappa shape index (κ2) is 7.34. The quantitative estimate of drug-likeness (QED) is 0.750. The Labute approximate surface area is 106 Å². The molecule has 0 aliphatic carbocycles. The molecule has 0 aromatic rings. The van der Waals surface area contributed by atoms with E-state index in [2.05, 4.69) is 11.8 Å². The molecule has 0 aromatic heterocycles. The first-order chi connectivity index (χ1) is 8.11. The molecule has 1 heterocycles. The van der Waals surface area contributed by atoms with E-state index in [-0.39, 0.29) is 0 Å². The SMILES string of the molecule is CCC(O)(CN)CCCN1CCCCCC1C. The molecule has 3 N–H and O–H groups in total. The zero-order valence-corrected chi connectivity index (χ0v) is 11.6. The largest absolute Gasteiger partial charge is 0.389 e. The molecule has 1 aliphatic heterocycles. The third-order valence-corrected chi connectivity index (χ3v) is 4.32. The highest BCUT2D eigenvalue weighted by molar-refractivity contribution is 4.79. The van der Waals surface area contributed by atoms with Crippen LogP contribution >= 0.6 is 0 Å². The van der Waals surface area contributed by atoms with Crippen molar-refractivity contribution >= 4 is 0 Å². The van der Waals surface area contributed by atoms with E-state index in [9.17, 15) is 5.11 Å². The van der Waals surface area contributed by atoms with Gasteiger partial charge in [-0.05, 0) is 52.1 Å². The smallest absolute Gasteiger partial charge is 0.0767 e. The minimum atomic E-state index is -0.630. The molecule has 0 radical (unpaired) electrons. The summed E-state index contributed by atoms with van der Waals surface area (Å²) in [6.45, 7) is 7.08. The van der Waals surface area contributed by atoms with Gasteiger partial charge in [0.05, 0.1) is 5.60 Å². The van der Waals surface area contributed by atoms with Crippen molar-refractivity contribution in [1.82, 2.24) is 4.90 Å². The van der Waals surface area contributed by atoms with Crippen molar-refractivity contribution in [2.24, 2.45) is 5.73 Å². The zero-order valence-electron chi connectivity index (χ0n) is 11.6. The van der Waals surface area contributed by atoms with Gasteiger partial charge >= 0.3 is 0 Å². The van der Waals surface area contributed by atoms with Crippen molar-refractivity contribution in [3.8, 4) is 0 Å². The normalized spacial score (nSPS) is 26.5. The summed E-state index contributed by atoms with van der Waals surface area (Å²) >= 11 is 0. The molecule has 2 unspecified atom stereocenters. The molecule has 1 saturated heterocycles. The highest BCUT2D eigenvalue weighted by Gasteiger charge is 2.23. The van der Waals surface area contributed by atoms with Crippen molar-refractivity contribution in [2.45, 2.75) is 70.4 Å². The maximum Gasteiger partial charge on any atom is 0.0767 e. The Balaban J connectivity index is 2.29. The van der Waals surface area contributed by atoms with Crippen molar-refractivity contribution in [1.29, 1.82) is 0 Å². The van der Waals surface area contributed by atoms with Crippen molar-refractivity contribution in [3.63, 3.8) is 0 Å². The topological polar surface area (TPSA) is 49.5 Å². The van der Waals surface area contributed by atoms with Crippen LogP contribution in [0, 0.1) is 0 Å². The predicted molar refractivity (Wildman–Crippen MR) is 73.0 cm³/mol. The number of hydrogen-bond donors (Lipinski definition) is 2. The lowest BCUT2D eigenvalue weighted by Gasteiger charge is -2.29. The molecule has 17 heavy (non-hydrogen) atoms. The van der Waals surface area contributed by atoms with Gasteiger partial charge in [-0.15, -0.1) is 0 Å². The van der Waals surface area contributed by atoms with E-state index < -0.39 is 5.60 Å². The molecular formula is C14H30N2O.